The van der Waals surface area contributed by atoms with Crippen LogP contribution in [-0.4, -0.2) is 18.0 Å². The molecule has 3 heteroatoms. The quantitative estimate of drug-likeness (QED) is 0.720. The van der Waals surface area contributed by atoms with Crippen molar-refractivity contribution in [3.8, 4) is 0 Å². The van der Waals surface area contributed by atoms with E-state index in [4.69, 9.17) is 5.73 Å². The number of nitrogens with one attached hydrogen (secondary N) is 1. The van der Waals surface area contributed by atoms with E-state index in [1.54, 1.807) is 6.92 Å². The topological polar surface area (TPSA) is 55.1 Å². The predicted molar refractivity (Wildman–Crippen MR) is 57.8 cm³/mol. The Morgan fingerprint density at radius 2 is 1.86 bits per heavy atom. The van der Waals surface area contributed by atoms with Gasteiger partial charge in [0.15, 0.2) is 0 Å². The molecule has 1 aliphatic carbocycles. The average Bonchev–Trinajstić information content (AvgIpc) is 2.19. The third-order valence-electron chi connectivity index (χ3n) is 3.14. The van der Waals surface area contributed by atoms with Gasteiger partial charge in [-0.1, -0.05) is 19.3 Å². The van der Waals surface area contributed by atoms with Crippen LogP contribution in [0.25, 0.3) is 0 Å². The van der Waals surface area contributed by atoms with Gasteiger partial charge in [0, 0.05) is 6.04 Å². The number of amides is 1. The Hall–Kier alpha value is -0.570. The molecule has 0 unspecified atom stereocenters. The molecule has 3 N–H and O–H groups in total. The molecule has 0 heterocycles. The van der Waals surface area contributed by atoms with Crippen LogP contribution in [0.4, 0.5) is 0 Å². The van der Waals surface area contributed by atoms with Crippen molar-refractivity contribution in [3.63, 3.8) is 0 Å². The molecule has 0 aliphatic heterocycles. The lowest BCUT2D eigenvalue weighted by Crippen LogP contribution is -2.45. The van der Waals surface area contributed by atoms with Gasteiger partial charge in [0.05, 0.1) is 6.04 Å². The first kappa shape index (κ1) is 11.5. The van der Waals surface area contributed by atoms with Crippen LogP contribution in [0.1, 0.15) is 46.0 Å². The molecule has 14 heavy (non-hydrogen) atoms. The summed E-state index contributed by atoms with van der Waals surface area (Å²) in [5, 5.41) is 2.99. The molecule has 0 spiro atoms. The maximum Gasteiger partial charge on any atom is 0.236 e. The summed E-state index contributed by atoms with van der Waals surface area (Å²) >= 11 is 0. The first-order chi connectivity index (χ1) is 6.61. The highest BCUT2D eigenvalue weighted by Gasteiger charge is 2.22. The van der Waals surface area contributed by atoms with E-state index in [1.165, 1.54) is 32.1 Å². The molecule has 2 atom stereocenters. The van der Waals surface area contributed by atoms with Gasteiger partial charge in [0.2, 0.25) is 5.91 Å². The summed E-state index contributed by atoms with van der Waals surface area (Å²) in [6, 6.07) is -0.102. The van der Waals surface area contributed by atoms with E-state index in [0.29, 0.717) is 5.92 Å². The summed E-state index contributed by atoms with van der Waals surface area (Å²) in [6.45, 7) is 3.82. The van der Waals surface area contributed by atoms with Crippen molar-refractivity contribution in [2.45, 2.75) is 58.0 Å². The van der Waals surface area contributed by atoms with E-state index in [-0.39, 0.29) is 18.0 Å². The van der Waals surface area contributed by atoms with Gasteiger partial charge in [0.1, 0.15) is 0 Å². The minimum atomic E-state index is -0.388. The molecule has 1 saturated carbocycles. The van der Waals surface area contributed by atoms with Crippen LogP contribution in [-0.2, 0) is 4.79 Å². The summed E-state index contributed by atoms with van der Waals surface area (Å²) < 4.78 is 0. The lowest BCUT2D eigenvalue weighted by atomic mass is 9.84. The van der Waals surface area contributed by atoms with Crippen LogP contribution in [0.2, 0.25) is 0 Å². The van der Waals surface area contributed by atoms with Crippen molar-refractivity contribution in [1.82, 2.24) is 5.32 Å². The van der Waals surface area contributed by atoms with Gasteiger partial charge in [-0.05, 0) is 32.6 Å². The number of nitrogens with two attached hydrogens (primary N) is 1. The molecule has 1 rings (SSSR count). The van der Waals surface area contributed by atoms with Crippen LogP contribution in [0.15, 0.2) is 0 Å². The summed E-state index contributed by atoms with van der Waals surface area (Å²) in [4.78, 5) is 11.4. The molecule has 0 aromatic heterocycles. The minimum Gasteiger partial charge on any atom is -0.352 e. The van der Waals surface area contributed by atoms with Crippen molar-refractivity contribution in [1.29, 1.82) is 0 Å². The number of carbonyl (C=O) groups excluding carboxylic acids is 1. The smallest absolute Gasteiger partial charge is 0.236 e. The Morgan fingerprint density at radius 1 is 1.29 bits per heavy atom. The van der Waals surface area contributed by atoms with E-state index in [2.05, 4.69) is 12.2 Å². The molecule has 0 bridgehead atoms. The molecular formula is C11H22N2O. The monoisotopic (exact) mass is 198 g/mol. The highest BCUT2D eigenvalue weighted by Crippen LogP contribution is 2.26. The molecule has 1 fully saturated rings. The van der Waals surface area contributed by atoms with Gasteiger partial charge in [0.25, 0.3) is 0 Å². The van der Waals surface area contributed by atoms with Crippen LogP contribution in [0.5, 0.6) is 0 Å². The lowest BCUT2D eigenvalue weighted by Gasteiger charge is -2.28. The van der Waals surface area contributed by atoms with Crippen molar-refractivity contribution < 1.29 is 4.79 Å². The van der Waals surface area contributed by atoms with Crippen LogP contribution in [0, 0.1) is 5.92 Å². The first-order valence-corrected chi connectivity index (χ1v) is 5.67. The van der Waals surface area contributed by atoms with Gasteiger partial charge < -0.3 is 11.1 Å². The van der Waals surface area contributed by atoms with Crippen LogP contribution in [0.3, 0.4) is 0 Å². The molecule has 0 saturated heterocycles. The van der Waals surface area contributed by atoms with E-state index in [1.807, 2.05) is 0 Å². The SMILES string of the molecule is C[C@H](N)C(=O)N[C@H](C)C1CCCCC1. The van der Waals surface area contributed by atoms with Crippen molar-refractivity contribution in [3.05, 3.63) is 0 Å². The fraction of sp³-hybridized carbons (Fsp3) is 0.909. The molecule has 0 aromatic rings. The van der Waals surface area contributed by atoms with E-state index < -0.39 is 0 Å². The lowest BCUT2D eigenvalue weighted by molar-refractivity contribution is -0.123. The van der Waals surface area contributed by atoms with Gasteiger partial charge in [-0.15, -0.1) is 0 Å². The Morgan fingerprint density at radius 3 is 2.36 bits per heavy atom. The highest BCUT2D eigenvalue weighted by atomic mass is 16.2. The number of hydrogen-bond donors (Lipinski definition) is 2. The van der Waals surface area contributed by atoms with Crippen molar-refractivity contribution >= 4 is 5.91 Å². The largest absolute Gasteiger partial charge is 0.352 e. The summed E-state index contributed by atoms with van der Waals surface area (Å²) in [7, 11) is 0. The van der Waals surface area contributed by atoms with E-state index in [0.717, 1.165) is 0 Å². The molecule has 0 radical (unpaired) electrons. The fourth-order valence-electron chi connectivity index (χ4n) is 2.11. The molecule has 1 amide bonds. The molecule has 82 valence electrons. The molecule has 1 aliphatic rings. The zero-order chi connectivity index (χ0) is 10.6. The summed E-state index contributed by atoms with van der Waals surface area (Å²) in [6.07, 6.45) is 6.47. The predicted octanol–water partition coefficient (Wildman–Crippen LogP) is 1.42. The normalized spacial score (nSPS) is 22.8. The number of hydrogen-bond acceptors (Lipinski definition) is 2. The Kier molecular flexibility index (Phi) is 4.39. The van der Waals surface area contributed by atoms with Crippen LogP contribution >= 0.6 is 0 Å². The minimum absolute atomic E-state index is 0.0249. The van der Waals surface area contributed by atoms with Crippen LogP contribution < -0.4 is 11.1 Å². The fourth-order valence-corrected chi connectivity index (χ4v) is 2.11. The summed E-state index contributed by atoms with van der Waals surface area (Å²) in [5.74, 6) is 0.634. The van der Waals surface area contributed by atoms with E-state index >= 15 is 0 Å². The standard InChI is InChI=1S/C11H22N2O/c1-8(12)11(14)13-9(2)10-6-4-3-5-7-10/h8-10H,3-7,12H2,1-2H3,(H,13,14)/t8-,9+/m0/s1. The average molecular weight is 198 g/mol. The van der Waals surface area contributed by atoms with Gasteiger partial charge in [-0.25, -0.2) is 0 Å². The number of rotatable bonds is 3. The maximum absolute atomic E-state index is 11.4. The molecule has 3 nitrogen and oxygen atoms in total. The molecular weight excluding hydrogens is 176 g/mol. The zero-order valence-corrected chi connectivity index (χ0v) is 9.25. The zero-order valence-electron chi connectivity index (χ0n) is 9.25. The van der Waals surface area contributed by atoms with Gasteiger partial charge in [-0.2, -0.15) is 0 Å². The van der Waals surface area contributed by atoms with Crippen molar-refractivity contribution in [2.75, 3.05) is 0 Å². The third kappa shape index (κ3) is 3.29. The van der Waals surface area contributed by atoms with E-state index in [9.17, 15) is 4.79 Å². The second-order valence-corrected chi connectivity index (χ2v) is 4.48. The maximum atomic E-state index is 11.4. The van der Waals surface area contributed by atoms with Gasteiger partial charge >= 0.3 is 0 Å². The second-order valence-electron chi connectivity index (χ2n) is 4.48. The Labute approximate surface area is 86.4 Å². The highest BCUT2D eigenvalue weighted by molar-refractivity contribution is 5.81. The number of carbonyl (C=O) groups is 1. The Balaban J connectivity index is 2.32. The third-order valence-corrected chi connectivity index (χ3v) is 3.14. The van der Waals surface area contributed by atoms with Crippen molar-refractivity contribution in [2.24, 2.45) is 11.7 Å². The first-order valence-electron chi connectivity index (χ1n) is 5.67. The molecule has 0 aromatic carbocycles. The Bertz CT molecular complexity index is 186. The second kappa shape index (κ2) is 5.35. The summed E-state index contributed by atoms with van der Waals surface area (Å²) in [5.41, 5.74) is 5.50. The van der Waals surface area contributed by atoms with Gasteiger partial charge in [-0.3, -0.25) is 4.79 Å².